The Balaban J connectivity index is 2.39. The zero-order valence-corrected chi connectivity index (χ0v) is 9.95. The third kappa shape index (κ3) is 4.07. The normalized spacial score (nSPS) is 25.4. The van der Waals surface area contributed by atoms with Gasteiger partial charge in [-0.2, -0.15) is 0 Å². The Morgan fingerprint density at radius 1 is 1.53 bits per heavy atom. The van der Waals surface area contributed by atoms with Crippen molar-refractivity contribution in [2.75, 3.05) is 40.0 Å². The third-order valence-corrected chi connectivity index (χ3v) is 2.96. The van der Waals surface area contributed by atoms with Crippen LogP contribution in [0.2, 0.25) is 0 Å². The molecule has 1 rings (SSSR count). The van der Waals surface area contributed by atoms with Crippen LogP contribution in [0.3, 0.4) is 0 Å². The molecule has 1 saturated heterocycles. The summed E-state index contributed by atoms with van der Waals surface area (Å²) in [5, 5.41) is 0. The monoisotopic (exact) mass is 216 g/mol. The summed E-state index contributed by atoms with van der Waals surface area (Å²) in [6.45, 7) is 6.35. The summed E-state index contributed by atoms with van der Waals surface area (Å²) in [4.78, 5) is 2.40. The lowest BCUT2D eigenvalue weighted by atomic mass is 10.1. The fourth-order valence-corrected chi connectivity index (χ4v) is 2.18. The van der Waals surface area contributed by atoms with Crippen LogP contribution < -0.4 is 5.73 Å². The highest BCUT2D eigenvalue weighted by atomic mass is 16.5. The molecule has 0 aliphatic carbocycles. The molecule has 2 unspecified atom stereocenters. The molecule has 2 N–H and O–H groups in total. The average molecular weight is 216 g/mol. The van der Waals surface area contributed by atoms with E-state index in [0.29, 0.717) is 18.7 Å². The van der Waals surface area contributed by atoms with E-state index in [0.717, 1.165) is 26.3 Å². The molecule has 0 radical (unpaired) electrons. The van der Waals surface area contributed by atoms with E-state index in [2.05, 4.69) is 11.8 Å². The van der Waals surface area contributed by atoms with Crippen molar-refractivity contribution < 1.29 is 9.47 Å². The summed E-state index contributed by atoms with van der Waals surface area (Å²) in [6, 6.07) is 0.346. The molecule has 15 heavy (non-hydrogen) atoms. The summed E-state index contributed by atoms with van der Waals surface area (Å²) in [7, 11) is 1.73. The fraction of sp³-hybridized carbons (Fsp3) is 1.00. The number of likely N-dealkylation sites (tertiary alicyclic amines) is 1. The van der Waals surface area contributed by atoms with Crippen LogP contribution in [0.25, 0.3) is 0 Å². The van der Waals surface area contributed by atoms with E-state index in [1.54, 1.807) is 7.11 Å². The van der Waals surface area contributed by atoms with Gasteiger partial charge in [-0.15, -0.1) is 0 Å². The molecule has 1 aliphatic heterocycles. The summed E-state index contributed by atoms with van der Waals surface area (Å²) >= 11 is 0. The molecule has 1 aliphatic rings. The Morgan fingerprint density at radius 2 is 2.33 bits per heavy atom. The molecule has 0 saturated carbocycles. The minimum atomic E-state index is 0.346. The Bertz CT molecular complexity index is 165. The molecule has 90 valence electrons. The van der Waals surface area contributed by atoms with Gasteiger partial charge in [-0.25, -0.2) is 0 Å². The van der Waals surface area contributed by atoms with Gasteiger partial charge in [-0.05, 0) is 26.3 Å². The second-order valence-corrected chi connectivity index (χ2v) is 4.06. The van der Waals surface area contributed by atoms with Gasteiger partial charge in [-0.3, -0.25) is 4.90 Å². The van der Waals surface area contributed by atoms with Crippen LogP contribution in [-0.4, -0.2) is 57.0 Å². The van der Waals surface area contributed by atoms with Crippen LogP contribution in [0.5, 0.6) is 0 Å². The summed E-state index contributed by atoms with van der Waals surface area (Å²) in [5.74, 6) is 0. The van der Waals surface area contributed by atoms with E-state index in [9.17, 15) is 0 Å². The van der Waals surface area contributed by atoms with E-state index < -0.39 is 0 Å². The zero-order valence-electron chi connectivity index (χ0n) is 9.95. The molecule has 0 aromatic carbocycles. The quantitative estimate of drug-likeness (QED) is 0.701. The molecule has 0 spiro atoms. The number of methoxy groups -OCH3 is 1. The highest BCUT2D eigenvalue weighted by Gasteiger charge is 2.25. The summed E-state index contributed by atoms with van der Waals surface area (Å²) in [6.07, 6.45) is 2.76. The molecular weight excluding hydrogens is 192 g/mol. The number of hydrogen-bond acceptors (Lipinski definition) is 4. The van der Waals surface area contributed by atoms with E-state index in [4.69, 9.17) is 15.2 Å². The van der Waals surface area contributed by atoms with Crippen molar-refractivity contribution in [3.63, 3.8) is 0 Å². The van der Waals surface area contributed by atoms with Gasteiger partial charge in [0.25, 0.3) is 0 Å². The standard InChI is InChI=1S/C11H24N2O2/c1-3-15-11-5-4-6-13(8-11)10(7-12)9-14-2/h10-11H,3-9,12H2,1-2H3. The molecular formula is C11H24N2O2. The molecule has 4 nitrogen and oxygen atoms in total. The Hall–Kier alpha value is -0.160. The van der Waals surface area contributed by atoms with E-state index in [1.807, 2.05) is 0 Å². The van der Waals surface area contributed by atoms with Crippen molar-refractivity contribution in [1.82, 2.24) is 4.90 Å². The topological polar surface area (TPSA) is 47.7 Å². The Morgan fingerprint density at radius 3 is 2.93 bits per heavy atom. The highest BCUT2D eigenvalue weighted by Crippen LogP contribution is 2.15. The van der Waals surface area contributed by atoms with Crippen LogP contribution >= 0.6 is 0 Å². The lowest BCUT2D eigenvalue weighted by molar-refractivity contribution is -0.0176. The smallest absolute Gasteiger partial charge is 0.0702 e. The molecule has 1 fully saturated rings. The largest absolute Gasteiger partial charge is 0.383 e. The van der Waals surface area contributed by atoms with Crippen molar-refractivity contribution in [2.45, 2.75) is 31.9 Å². The van der Waals surface area contributed by atoms with E-state index in [1.165, 1.54) is 12.8 Å². The fourth-order valence-electron chi connectivity index (χ4n) is 2.18. The maximum atomic E-state index is 5.75. The first-order valence-corrected chi connectivity index (χ1v) is 5.86. The minimum Gasteiger partial charge on any atom is -0.383 e. The number of nitrogens with two attached hydrogens (primary N) is 1. The number of ether oxygens (including phenoxy) is 2. The van der Waals surface area contributed by atoms with Crippen LogP contribution in [-0.2, 0) is 9.47 Å². The number of piperidine rings is 1. The lowest BCUT2D eigenvalue weighted by Crippen LogP contribution is -2.50. The average Bonchev–Trinajstić information content (AvgIpc) is 2.27. The summed E-state index contributed by atoms with van der Waals surface area (Å²) in [5.41, 5.74) is 5.75. The van der Waals surface area contributed by atoms with Gasteiger partial charge in [0.05, 0.1) is 12.7 Å². The van der Waals surface area contributed by atoms with Gasteiger partial charge in [0.2, 0.25) is 0 Å². The second-order valence-electron chi connectivity index (χ2n) is 4.06. The van der Waals surface area contributed by atoms with E-state index >= 15 is 0 Å². The van der Waals surface area contributed by atoms with Crippen LogP contribution in [0, 0.1) is 0 Å². The SMILES string of the molecule is CCOC1CCCN(C(CN)COC)C1. The van der Waals surface area contributed by atoms with Gasteiger partial charge in [0, 0.05) is 32.8 Å². The lowest BCUT2D eigenvalue weighted by Gasteiger charge is -2.37. The van der Waals surface area contributed by atoms with Crippen molar-refractivity contribution >= 4 is 0 Å². The first kappa shape index (κ1) is 12.9. The highest BCUT2D eigenvalue weighted by molar-refractivity contribution is 4.80. The van der Waals surface area contributed by atoms with Crippen molar-refractivity contribution in [1.29, 1.82) is 0 Å². The molecule has 0 aromatic heterocycles. The molecule has 2 atom stereocenters. The number of hydrogen-bond donors (Lipinski definition) is 1. The first-order valence-electron chi connectivity index (χ1n) is 5.86. The Kier molecular flexibility index (Phi) is 6.17. The Labute approximate surface area is 92.7 Å². The maximum Gasteiger partial charge on any atom is 0.0702 e. The molecule has 4 heteroatoms. The molecule has 0 aromatic rings. The number of rotatable bonds is 6. The van der Waals surface area contributed by atoms with Gasteiger partial charge in [0.1, 0.15) is 0 Å². The predicted octanol–water partition coefficient (Wildman–Crippen LogP) is 0.461. The molecule has 0 bridgehead atoms. The molecule has 0 amide bonds. The third-order valence-electron chi connectivity index (χ3n) is 2.96. The maximum absolute atomic E-state index is 5.75. The van der Waals surface area contributed by atoms with Gasteiger partial charge in [-0.1, -0.05) is 0 Å². The summed E-state index contributed by atoms with van der Waals surface area (Å²) < 4.78 is 10.8. The zero-order chi connectivity index (χ0) is 11.1. The minimum absolute atomic E-state index is 0.346. The van der Waals surface area contributed by atoms with Crippen molar-refractivity contribution in [3.8, 4) is 0 Å². The number of nitrogens with zero attached hydrogens (tertiary/aromatic N) is 1. The first-order chi connectivity index (χ1) is 7.31. The predicted molar refractivity (Wildman–Crippen MR) is 60.9 cm³/mol. The van der Waals surface area contributed by atoms with Crippen LogP contribution in [0.1, 0.15) is 19.8 Å². The van der Waals surface area contributed by atoms with E-state index in [-0.39, 0.29) is 0 Å². The van der Waals surface area contributed by atoms with Crippen molar-refractivity contribution in [3.05, 3.63) is 0 Å². The van der Waals surface area contributed by atoms with Crippen molar-refractivity contribution in [2.24, 2.45) is 5.73 Å². The molecule has 1 heterocycles. The van der Waals surface area contributed by atoms with Crippen LogP contribution in [0.15, 0.2) is 0 Å². The van der Waals surface area contributed by atoms with Gasteiger partial charge < -0.3 is 15.2 Å². The van der Waals surface area contributed by atoms with Crippen LogP contribution in [0.4, 0.5) is 0 Å². The second kappa shape index (κ2) is 7.17. The van der Waals surface area contributed by atoms with Gasteiger partial charge in [0.15, 0.2) is 0 Å². The van der Waals surface area contributed by atoms with Gasteiger partial charge >= 0.3 is 0 Å².